The lowest BCUT2D eigenvalue weighted by molar-refractivity contribution is 0.0693. The highest BCUT2D eigenvalue weighted by Gasteiger charge is 2.15. The SMILES string of the molecule is CCOc1ccccc1-c1ccc(C(=O)O)c(COc2cccc(C)c2)n1. The molecule has 1 aromatic heterocycles. The second-order valence-corrected chi connectivity index (χ2v) is 6.03. The first kappa shape index (κ1) is 18.5. The fourth-order valence-corrected chi connectivity index (χ4v) is 2.77. The number of aromatic nitrogens is 1. The summed E-state index contributed by atoms with van der Waals surface area (Å²) >= 11 is 0. The molecule has 0 spiro atoms. The summed E-state index contributed by atoms with van der Waals surface area (Å²) in [6, 6.07) is 18.4. The van der Waals surface area contributed by atoms with Gasteiger partial charge in [0.2, 0.25) is 0 Å². The van der Waals surface area contributed by atoms with E-state index in [2.05, 4.69) is 4.98 Å². The van der Waals surface area contributed by atoms with Crippen LogP contribution in [0, 0.1) is 6.92 Å². The van der Waals surface area contributed by atoms with Crippen molar-refractivity contribution in [1.29, 1.82) is 0 Å². The smallest absolute Gasteiger partial charge is 0.337 e. The van der Waals surface area contributed by atoms with Crippen molar-refractivity contribution in [3.63, 3.8) is 0 Å². The average molecular weight is 363 g/mol. The average Bonchev–Trinajstić information content (AvgIpc) is 2.67. The maximum Gasteiger partial charge on any atom is 0.337 e. The van der Waals surface area contributed by atoms with Crippen LogP contribution in [0.1, 0.15) is 28.5 Å². The topological polar surface area (TPSA) is 68.7 Å². The van der Waals surface area contributed by atoms with Crippen molar-refractivity contribution in [2.24, 2.45) is 0 Å². The Labute approximate surface area is 158 Å². The van der Waals surface area contributed by atoms with Gasteiger partial charge in [0.25, 0.3) is 0 Å². The maximum absolute atomic E-state index is 11.6. The minimum Gasteiger partial charge on any atom is -0.493 e. The number of hydrogen-bond donors (Lipinski definition) is 1. The Hall–Kier alpha value is -3.34. The van der Waals surface area contributed by atoms with E-state index in [0.29, 0.717) is 29.5 Å². The summed E-state index contributed by atoms with van der Waals surface area (Å²) in [6.07, 6.45) is 0. The minimum atomic E-state index is -1.03. The monoisotopic (exact) mass is 363 g/mol. The van der Waals surface area contributed by atoms with Crippen LogP contribution in [0.4, 0.5) is 0 Å². The van der Waals surface area contributed by atoms with E-state index in [1.807, 2.05) is 62.4 Å². The zero-order valence-electron chi connectivity index (χ0n) is 15.3. The molecule has 3 rings (SSSR count). The van der Waals surface area contributed by atoms with Crippen LogP contribution < -0.4 is 9.47 Å². The van der Waals surface area contributed by atoms with Gasteiger partial charge in [0, 0.05) is 5.56 Å². The van der Waals surface area contributed by atoms with Crippen molar-refractivity contribution < 1.29 is 19.4 Å². The van der Waals surface area contributed by atoms with E-state index in [1.165, 1.54) is 0 Å². The molecule has 0 amide bonds. The number of para-hydroxylation sites is 1. The first-order chi connectivity index (χ1) is 13.1. The molecule has 0 saturated carbocycles. The fraction of sp³-hybridized carbons (Fsp3) is 0.182. The van der Waals surface area contributed by atoms with E-state index in [4.69, 9.17) is 9.47 Å². The van der Waals surface area contributed by atoms with Crippen LogP contribution in [0.3, 0.4) is 0 Å². The van der Waals surface area contributed by atoms with Gasteiger partial charge in [-0.05, 0) is 55.8 Å². The van der Waals surface area contributed by atoms with Crippen molar-refractivity contribution in [1.82, 2.24) is 4.98 Å². The summed E-state index contributed by atoms with van der Waals surface area (Å²) in [5, 5.41) is 9.49. The molecule has 1 heterocycles. The number of nitrogens with zero attached hydrogens (tertiary/aromatic N) is 1. The first-order valence-corrected chi connectivity index (χ1v) is 8.73. The normalized spacial score (nSPS) is 10.4. The predicted octanol–water partition coefficient (Wildman–Crippen LogP) is 4.73. The van der Waals surface area contributed by atoms with Gasteiger partial charge in [-0.3, -0.25) is 0 Å². The van der Waals surface area contributed by atoms with E-state index in [1.54, 1.807) is 12.1 Å². The van der Waals surface area contributed by atoms with E-state index >= 15 is 0 Å². The van der Waals surface area contributed by atoms with Crippen molar-refractivity contribution in [2.45, 2.75) is 20.5 Å². The third-order valence-corrected chi connectivity index (χ3v) is 4.03. The highest BCUT2D eigenvalue weighted by Crippen LogP contribution is 2.29. The summed E-state index contributed by atoms with van der Waals surface area (Å²) in [5.41, 5.74) is 3.02. The number of aromatic carboxylic acids is 1. The van der Waals surface area contributed by atoms with Crippen molar-refractivity contribution in [3.8, 4) is 22.8 Å². The number of ether oxygens (including phenoxy) is 2. The zero-order chi connectivity index (χ0) is 19.2. The highest BCUT2D eigenvalue weighted by atomic mass is 16.5. The van der Waals surface area contributed by atoms with Crippen LogP contribution in [0.25, 0.3) is 11.3 Å². The number of carbonyl (C=O) groups is 1. The van der Waals surface area contributed by atoms with Gasteiger partial charge in [-0.15, -0.1) is 0 Å². The van der Waals surface area contributed by atoms with Crippen molar-refractivity contribution in [3.05, 3.63) is 77.5 Å². The molecule has 138 valence electrons. The molecule has 0 radical (unpaired) electrons. The Morgan fingerprint density at radius 1 is 1.04 bits per heavy atom. The van der Waals surface area contributed by atoms with Crippen LogP contribution >= 0.6 is 0 Å². The number of benzene rings is 2. The van der Waals surface area contributed by atoms with Gasteiger partial charge >= 0.3 is 5.97 Å². The van der Waals surface area contributed by atoms with Crippen molar-refractivity contribution >= 4 is 5.97 Å². The number of aryl methyl sites for hydroxylation is 1. The van der Waals surface area contributed by atoms with Gasteiger partial charge in [-0.1, -0.05) is 24.3 Å². The molecule has 5 nitrogen and oxygen atoms in total. The molecule has 27 heavy (non-hydrogen) atoms. The number of carboxylic acid groups (broad SMARTS) is 1. The molecule has 1 N–H and O–H groups in total. The second-order valence-electron chi connectivity index (χ2n) is 6.03. The lowest BCUT2D eigenvalue weighted by Gasteiger charge is -2.13. The molecule has 5 heteroatoms. The van der Waals surface area contributed by atoms with Gasteiger partial charge in [-0.25, -0.2) is 9.78 Å². The zero-order valence-corrected chi connectivity index (χ0v) is 15.3. The largest absolute Gasteiger partial charge is 0.493 e. The molecule has 3 aromatic rings. The van der Waals surface area contributed by atoms with E-state index in [9.17, 15) is 9.90 Å². The third-order valence-electron chi connectivity index (χ3n) is 4.03. The van der Waals surface area contributed by atoms with Gasteiger partial charge in [0.05, 0.1) is 23.6 Å². The number of pyridine rings is 1. The summed E-state index contributed by atoms with van der Waals surface area (Å²) in [5.74, 6) is 0.351. The molecule has 0 unspecified atom stereocenters. The van der Waals surface area contributed by atoms with Crippen LogP contribution in [0.15, 0.2) is 60.7 Å². The molecule has 0 aliphatic heterocycles. The lowest BCUT2D eigenvalue weighted by atomic mass is 10.1. The van der Waals surface area contributed by atoms with Crippen molar-refractivity contribution in [2.75, 3.05) is 6.61 Å². The van der Waals surface area contributed by atoms with Gasteiger partial charge < -0.3 is 14.6 Å². The van der Waals surface area contributed by atoms with Crippen LogP contribution in [0.2, 0.25) is 0 Å². The highest BCUT2D eigenvalue weighted by molar-refractivity contribution is 5.89. The van der Waals surface area contributed by atoms with Crippen LogP contribution in [0.5, 0.6) is 11.5 Å². The Kier molecular flexibility index (Phi) is 5.71. The first-order valence-electron chi connectivity index (χ1n) is 8.73. The Bertz CT molecular complexity index is 953. The maximum atomic E-state index is 11.6. The molecule has 0 aliphatic rings. The van der Waals surface area contributed by atoms with Crippen LogP contribution in [-0.4, -0.2) is 22.7 Å². The molecular weight excluding hydrogens is 342 g/mol. The number of rotatable bonds is 7. The van der Waals surface area contributed by atoms with E-state index in [-0.39, 0.29) is 12.2 Å². The van der Waals surface area contributed by atoms with Gasteiger partial charge in [0.1, 0.15) is 18.1 Å². The van der Waals surface area contributed by atoms with Gasteiger partial charge in [0.15, 0.2) is 0 Å². The Balaban J connectivity index is 1.95. The molecule has 0 atom stereocenters. The summed E-state index contributed by atoms with van der Waals surface area (Å²) in [6.45, 7) is 4.49. The summed E-state index contributed by atoms with van der Waals surface area (Å²) < 4.78 is 11.4. The molecule has 0 aliphatic carbocycles. The molecule has 2 aromatic carbocycles. The summed E-state index contributed by atoms with van der Waals surface area (Å²) in [4.78, 5) is 16.1. The number of hydrogen-bond acceptors (Lipinski definition) is 4. The van der Waals surface area contributed by atoms with E-state index in [0.717, 1.165) is 11.1 Å². The minimum absolute atomic E-state index is 0.0652. The third kappa shape index (κ3) is 4.44. The second kappa shape index (κ2) is 8.36. The standard InChI is InChI=1S/C22H21NO4/c1-3-26-21-10-5-4-9-17(21)19-12-11-18(22(24)25)20(23-19)14-27-16-8-6-7-15(2)13-16/h4-13H,3,14H2,1-2H3,(H,24,25). The fourth-order valence-electron chi connectivity index (χ4n) is 2.77. The number of carboxylic acids is 1. The van der Waals surface area contributed by atoms with Crippen LogP contribution in [-0.2, 0) is 6.61 Å². The quantitative estimate of drug-likeness (QED) is 0.657. The molecule has 0 saturated heterocycles. The Morgan fingerprint density at radius 2 is 1.85 bits per heavy atom. The van der Waals surface area contributed by atoms with Gasteiger partial charge in [-0.2, -0.15) is 0 Å². The molecule has 0 bridgehead atoms. The molecule has 0 fully saturated rings. The Morgan fingerprint density at radius 3 is 2.59 bits per heavy atom. The predicted molar refractivity (Wildman–Crippen MR) is 103 cm³/mol. The van der Waals surface area contributed by atoms with E-state index < -0.39 is 5.97 Å². The molecular formula is C22H21NO4. The summed E-state index contributed by atoms with van der Waals surface area (Å²) in [7, 11) is 0. The lowest BCUT2D eigenvalue weighted by Crippen LogP contribution is -2.09.